The van der Waals surface area contributed by atoms with E-state index in [0.29, 0.717) is 34.2 Å². The molecule has 0 radical (unpaired) electrons. The molecule has 0 aliphatic carbocycles. The average Bonchev–Trinajstić information content (AvgIpc) is 3.34. The SMILES string of the molecule is C=C(C)CN=c1scc(-c2ccco2)n1N=Cc1cc(OC)c(O)c(OC)c1. The molecule has 0 aliphatic heterocycles. The summed E-state index contributed by atoms with van der Waals surface area (Å²) in [4.78, 5) is 5.28. The Labute approximate surface area is 166 Å². The largest absolute Gasteiger partial charge is 0.502 e. The molecule has 1 N–H and O–H groups in total. The maximum absolute atomic E-state index is 10.1. The second kappa shape index (κ2) is 8.62. The van der Waals surface area contributed by atoms with Crippen molar-refractivity contribution in [1.29, 1.82) is 0 Å². The van der Waals surface area contributed by atoms with Crippen LogP contribution in [0.5, 0.6) is 17.2 Å². The fourth-order valence-electron chi connectivity index (χ4n) is 2.43. The number of furan rings is 1. The summed E-state index contributed by atoms with van der Waals surface area (Å²) in [5, 5.41) is 16.6. The lowest BCUT2D eigenvalue weighted by atomic mass is 10.2. The zero-order valence-corrected chi connectivity index (χ0v) is 16.7. The zero-order valence-electron chi connectivity index (χ0n) is 15.9. The molecule has 2 heterocycles. The summed E-state index contributed by atoms with van der Waals surface area (Å²) in [5.74, 6) is 1.23. The van der Waals surface area contributed by atoms with Crippen LogP contribution in [0.1, 0.15) is 12.5 Å². The van der Waals surface area contributed by atoms with Gasteiger partial charge in [-0.3, -0.25) is 4.99 Å². The van der Waals surface area contributed by atoms with Crippen LogP contribution in [-0.4, -0.2) is 36.8 Å². The number of phenols is 1. The topological polar surface area (TPSA) is 81.5 Å². The Balaban J connectivity index is 2.07. The van der Waals surface area contributed by atoms with Gasteiger partial charge in [-0.25, -0.2) is 4.68 Å². The third-order valence-electron chi connectivity index (χ3n) is 3.77. The van der Waals surface area contributed by atoms with E-state index in [2.05, 4.69) is 16.7 Å². The highest BCUT2D eigenvalue weighted by molar-refractivity contribution is 7.07. The first-order chi connectivity index (χ1) is 13.5. The van der Waals surface area contributed by atoms with Crippen LogP contribution in [-0.2, 0) is 0 Å². The minimum absolute atomic E-state index is 0.0567. The van der Waals surface area contributed by atoms with Crippen molar-refractivity contribution in [3.63, 3.8) is 0 Å². The molecule has 1 aromatic carbocycles. The Morgan fingerprint density at radius 3 is 2.61 bits per heavy atom. The molecule has 0 spiro atoms. The number of aromatic nitrogens is 1. The Hall–Kier alpha value is -3.26. The number of hydrogen-bond acceptors (Lipinski definition) is 7. The first-order valence-electron chi connectivity index (χ1n) is 8.42. The molecule has 0 unspecified atom stereocenters. The smallest absolute Gasteiger partial charge is 0.206 e. The predicted octanol–water partition coefficient (Wildman–Crippen LogP) is 3.89. The molecule has 3 rings (SSSR count). The number of thiazole rings is 1. The van der Waals surface area contributed by atoms with E-state index in [4.69, 9.17) is 13.9 Å². The maximum atomic E-state index is 10.1. The van der Waals surface area contributed by atoms with Crippen LogP contribution in [0, 0.1) is 0 Å². The lowest BCUT2D eigenvalue weighted by Crippen LogP contribution is -2.12. The van der Waals surface area contributed by atoms with Crippen LogP contribution in [0.15, 0.2) is 62.6 Å². The standard InChI is InChI=1S/C20H21N3O4S/c1-13(2)10-21-20-23(15(12-28-20)16-6-5-7-27-16)22-11-14-8-17(25-3)19(24)18(9-14)26-4/h5-9,11-12,24H,1,10H2,2-4H3. The van der Waals surface area contributed by atoms with E-state index in [0.717, 1.165) is 11.3 Å². The number of nitrogens with zero attached hydrogens (tertiary/aromatic N) is 3. The molecular weight excluding hydrogens is 378 g/mol. The summed E-state index contributed by atoms with van der Waals surface area (Å²) in [6.07, 6.45) is 3.25. The average molecular weight is 399 g/mol. The van der Waals surface area contributed by atoms with E-state index in [1.54, 1.807) is 29.3 Å². The fourth-order valence-corrected chi connectivity index (χ4v) is 3.25. The molecule has 0 fully saturated rings. The van der Waals surface area contributed by atoms with Crippen molar-refractivity contribution >= 4 is 17.6 Å². The quantitative estimate of drug-likeness (QED) is 0.483. The first kappa shape index (κ1) is 19.5. The van der Waals surface area contributed by atoms with E-state index < -0.39 is 0 Å². The fraction of sp³-hybridized carbons (Fsp3) is 0.200. The normalized spacial score (nSPS) is 11.9. The van der Waals surface area contributed by atoms with Gasteiger partial charge in [-0.05, 0) is 31.2 Å². The van der Waals surface area contributed by atoms with Gasteiger partial charge in [-0.2, -0.15) is 5.10 Å². The summed E-state index contributed by atoms with van der Waals surface area (Å²) in [6.45, 7) is 6.32. The molecule has 0 bridgehead atoms. The van der Waals surface area contributed by atoms with Crippen LogP contribution >= 0.6 is 11.3 Å². The van der Waals surface area contributed by atoms with Gasteiger partial charge < -0.3 is 19.0 Å². The van der Waals surface area contributed by atoms with Crippen LogP contribution in [0.2, 0.25) is 0 Å². The number of phenolic OH excluding ortho intramolecular Hbond substituents is 1. The van der Waals surface area contributed by atoms with Gasteiger partial charge in [0.2, 0.25) is 10.6 Å². The molecule has 28 heavy (non-hydrogen) atoms. The highest BCUT2D eigenvalue weighted by Gasteiger charge is 2.12. The molecule has 8 heteroatoms. The monoisotopic (exact) mass is 399 g/mol. The van der Waals surface area contributed by atoms with Gasteiger partial charge in [0.25, 0.3) is 0 Å². The molecule has 2 aromatic heterocycles. The number of aromatic hydroxyl groups is 1. The molecule has 7 nitrogen and oxygen atoms in total. The Bertz CT molecular complexity index is 1040. The predicted molar refractivity (Wildman–Crippen MR) is 109 cm³/mol. The van der Waals surface area contributed by atoms with Crippen molar-refractivity contribution in [2.45, 2.75) is 6.92 Å². The minimum atomic E-state index is -0.0567. The number of methoxy groups -OCH3 is 2. The van der Waals surface area contributed by atoms with E-state index in [1.165, 1.54) is 25.6 Å². The van der Waals surface area contributed by atoms with Crippen molar-refractivity contribution in [2.24, 2.45) is 10.1 Å². The molecule has 0 amide bonds. The van der Waals surface area contributed by atoms with Crippen molar-refractivity contribution in [3.05, 3.63) is 58.4 Å². The van der Waals surface area contributed by atoms with E-state index >= 15 is 0 Å². The minimum Gasteiger partial charge on any atom is -0.502 e. The Morgan fingerprint density at radius 1 is 1.32 bits per heavy atom. The van der Waals surface area contributed by atoms with Crippen LogP contribution in [0.4, 0.5) is 0 Å². The summed E-state index contributed by atoms with van der Waals surface area (Å²) in [7, 11) is 2.96. The first-order valence-corrected chi connectivity index (χ1v) is 9.30. The molecule has 0 aliphatic rings. The number of hydrogen-bond donors (Lipinski definition) is 1. The highest BCUT2D eigenvalue weighted by Crippen LogP contribution is 2.36. The third-order valence-corrected chi connectivity index (χ3v) is 4.62. The molecule has 3 aromatic rings. The Kier molecular flexibility index (Phi) is 6.00. The summed E-state index contributed by atoms with van der Waals surface area (Å²) < 4.78 is 17.6. The van der Waals surface area contributed by atoms with E-state index in [1.807, 2.05) is 24.4 Å². The molecule has 0 saturated carbocycles. The van der Waals surface area contributed by atoms with Gasteiger partial charge in [0.15, 0.2) is 17.3 Å². The molecular formula is C20H21N3O4S. The van der Waals surface area contributed by atoms with E-state index in [-0.39, 0.29) is 5.75 Å². The summed E-state index contributed by atoms with van der Waals surface area (Å²) >= 11 is 1.46. The second-order valence-corrected chi connectivity index (χ2v) is 6.82. The van der Waals surface area contributed by atoms with Gasteiger partial charge in [-0.15, -0.1) is 11.3 Å². The van der Waals surface area contributed by atoms with Gasteiger partial charge in [0.05, 0.1) is 33.2 Å². The summed E-state index contributed by atoms with van der Waals surface area (Å²) in [6, 6.07) is 7.03. The maximum Gasteiger partial charge on any atom is 0.206 e. The molecule has 0 atom stereocenters. The molecule has 0 saturated heterocycles. The number of ether oxygens (including phenoxy) is 2. The van der Waals surface area contributed by atoms with Crippen LogP contribution in [0.3, 0.4) is 0 Å². The van der Waals surface area contributed by atoms with Crippen LogP contribution < -0.4 is 14.3 Å². The molecule has 146 valence electrons. The lowest BCUT2D eigenvalue weighted by molar-refractivity contribution is 0.340. The number of benzene rings is 1. The Morgan fingerprint density at radius 2 is 2.04 bits per heavy atom. The van der Waals surface area contributed by atoms with Gasteiger partial charge in [0.1, 0.15) is 5.69 Å². The highest BCUT2D eigenvalue weighted by atomic mass is 32.1. The lowest BCUT2D eigenvalue weighted by Gasteiger charge is -2.09. The van der Waals surface area contributed by atoms with Crippen LogP contribution in [0.25, 0.3) is 11.5 Å². The zero-order chi connectivity index (χ0) is 20.1. The second-order valence-electron chi connectivity index (χ2n) is 5.98. The number of rotatable bonds is 7. The van der Waals surface area contributed by atoms with Gasteiger partial charge in [0, 0.05) is 10.9 Å². The summed E-state index contributed by atoms with van der Waals surface area (Å²) in [5.41, 5.74) is 2.43. The van der Waals surface area contributed by atoms with Gasteiger partial charge in [-0.1, -0.05) is 12.2 Å². The van der Waals surface area contributed by atoms with Crippen molar-refractivity contribution in [3.8, 4) is 28.7 Å². The van der Waals surface area contributed by atoms with Crippen molar-refractivity contribution in [1.82, 2.24) is 4.68 Å². The third kappa shape index (κ3) is 4.17. The van der Waals surface area contributed by atoms with Crippen molar-refractivity contribution < 1.29 is 19.0 Å². The van der Waals surface area contributed by atoms with Crippen molar-refractivity contribution in [2.75, 3.05) is 20.8 Å². The van der Waals surface area contributed by atoms with Gasteiger partial charge >= 0.3 is 0 Å². The van der Waals surface area contributed by atoms with E-state index in [9.17, 15) is 5.11 Å².